The average molecular weight is 285 g/mol. The van der Waals surface area contributed by atoms with E-state index >= 15 is 0 Å². The van der Waals surface area contributed by atoms with E-state index in [0.29, 0.717) is 10.9 Å². The van der Waals surface area contributed by atoms with Gasteiger partial charge in [0.15, 0.2) is 0 Å². The summed E-state index contributed by atoms with van der Waals surface area (Å²) in [6.07, 6.45) is 4.56. The molecule has 0 bridgehead atoms. The van der Waals surface area contributed by atoms with Crippen molar-refractivity contribution in [3.63, 3.8) is 0 Å². The van der Waals surface area contributed by atoms with Crippen molar-refractivity contribution < 1.29 is 4.74 Å². The van der Waals surface area contributed by atoms with Crippen LogP contribution in [0.4, 0.5) is 0 Å². The molecule has 0 aliphatic rings. The first-order valence-corrected chi connectivity index (χ1v) is 7.35. The number of hydrogen-bond acceptors (Lipinski definition) is 3. The number of hydrazine groups is 1. The number of methoxy groups -OCH3 is 1. The van der Waals surface area contributed by atoms with E-state index < -0.39 is 0 Å². The van der Waals surface area contributed by atoms with Gasteiger partial charge >= 0.3 is 0 Å². The molecule has 0 radical (unpaired) electrons. The van der Waals surface area contributed by atoms with Crippen molar-refractivity contribution in [2.45, 2.75) is 45.6 Å². The second-order valence-corrected chi connectivity index (χ2v) is 5.30. The molecule has 3 nitrogen and oxygen atoms in total. The highest BCUT2D eigenvalue weighted by Crippen LogP contribution is 2.35. The van der Waals surface area contributed by atoms with Gasteiger partial charge in [0.1, 0.15) is 5.75 Å². The minimum atomic E-state index is 0.0774. The van der Waals surface area contributed by atoms with Crippen LogP contribution in [0, 0.1) is 5.92 Å². The van der Waals surface area contributed by atoms with Crippen LogP contribution in [-0.4, -0.2) is 7.11 Å². The van der Waals surface area contributed by atoms with Gasteiger partial charge < -0.3 is 4.74 Å². The van der Waals surface area contributed by atoms with Crippen molar-refractivity contribution in [3.8, 4) is 5.75 Å². The maximum absolute atomic E-state index is 6.11. The van der Waals surface area contributed by atoms with E-state index in [1.165, 1.54) is 0 Å². The predicted molar refractivity (Wildman–Crippen MR) is 81.4 cm³/mol. The predicted octanol–water partition coefficient (Wildman–Crippen LogP) is 4.07. The van der Waals surface area contributed by atoms with Crippen LogP contribution in [0.5, 0.6) is 5.75 Å². The topological polar surface area (TPSA) is 47.3 Å². The van der Waals surface area contributed by atoms with E-state index in [-0.39, 0.29) is 6.04 Å². The Balaban J connectivity index is 3.08. The zero-order valence-electron chi connectivity index (χ0n) is 12.1. The summed E-state index contributed by atoms with van der Waals surface area (Å²) in [6, 6.07) is 5.76. The Labute approximate surface area is 121 Å². The first kappa shape index (κ1) is 16.3. The molecule has 0 spiro atoms. The molecule has 19 heavy (non-hydrogen) atoms. The Morgan fingerprint density at radius 3 is 2.37 bits per heavy atom. The van der Waals surface area contributed by atoms with Crippen molar-refractivity contribution in [3.05, 3.63) is 28.8 Å². The Morgan fingerprint density at radius 1 is 1.26 bits per heavy atom. The van der Waals surface area contributed by atoms with Crippen molar-refractivity contribution in [2.24, 2.45) is 11.8 Å². The molecule has 0 fully saturated rings. The highest BCUT2D eigenvalue weighted by molar-refractivity contribution is 6.30. The van der Waals surface area contributed by atoms with Gasteiger partial charge in [-0.1, -0.05) is 38.3 Å². The SMILES string of the molecule is CCCC(CCC)C(NN)c1cc(Cl)ccc1OC. The van der Waals surface area contributed by atoms with Crippen LogP contribution in [-0.2, 0) is 0 Å². The summed E-state index contributed by atoms with van der Waals surface area (Å²) in [5, 5.41) is 0.711. The van der Waals surface area contributed by atoms with E-state index in [1.54, 1.807) is 7.11 Å². The summed E-state index contributed by atoms with van der Waals surface area (Å²) < 4.78 is 5.44. The standard InChI is InChI=1S/C15H25ClN2O/c1-4-6-11(7-5-2)15(18-17)13-10-12(16)8-9-14(13)19-3/h8-11,15,18H,4-7,17H2,1-3H3. The maximum atomic E-state index is 6.11. The molecule has 4 heteroatoms. The number of ether oxygens (including phenoxy) is 1. The molecule has 0 heterocycles. The zero-order chi connectivity index (χ0) is 14.3. The van der Waals surface area contributed by atoms with Gasteiger partial charge in [0.05, 0.1) is 13.2 Å². The van der Waals surface area contributed by atoms with Crippen LogP contribution >= 0.6 is 11.6 Å². The molecule has 0 saturated carbocycles. The lowest BCUT2D eigenvalue weighted by atomic mass is 9.86. The summed E-state index contributed by atoms with van der Waals surface area (Å²) in [5.74, 6) is 7.12. The summed E-state index contributed by atoms with van der Waals surface area (Å²) in [7, 11) is 1.68. The lowest BCUT2D eigenvalue weighted by Crippen LogP contribution is -2.34. The molecule has 0 aliphatic carbocycles. The third-order valence-electron chi connectivity index (χ3n) is 3.50. The largest absolute Gasteiger partial charge is 0.496 e. The van der Waals surface area contributed by atoms with E-state index in [9.17, 15) is 0 Å². The number of rotatable bonds is 8. The Bertz CT molecular complexity index is 378. The van der Waals surface area contributed by atoms with E-state index in [2.05, 4.69) is 19.3 Å². The van der Waals surface area contributed by atoms with Gasteiger partial charge in [0, 0.05) is 10.6 Å². The summed E-state index contributed by atoms with van der Waals surface area (Å²) in [6.45, 7) is 4.40. The van der Waals surface area contributed by atoms with E-state index in [0.717, 1.165) is 37.0 Å². The van der Waals surface area contributed by atoms with Crippen LogP contribution in [0.1, 0.15) is 51.1 Å². The van der Waals surface area contributed by atoms with Gasteiger partial charge in [-0.25, -0.2) is 0 Å². The number of hydrogen-bond donors (Lipinski definition) is 2. The van der Waals surface area contributed by atoms with Crippen molar-refractivity contribution >= 4 is 11.6 Å². The second kappa shape index (κ2) is 8.41. The van der Waals surface area contributed by atoms with E-state index in [1.807, 2.05) is 18.2 Å². The monoisotopic (exact) mass is 284 g/mol. The number of halogens is 1. The maximum Gasteiger partial charge on any atom is 0.123 e. The summed E-state index contributed by atoms with van der Waals surface area (Å²) >= 11 is 6.11. The first-order valence-electron chi connectivity index (χ1n) is 6.97. The molecule has 1 atom stereocenters. The highest BCUT2D eigenvalue weighted by Gasteiger charge is 2.24. The van der Waals surface area contributed by atoms with Gasteiger partial charge in [0.25, 0.3) is 0 Å². The van der Waals surface area contributed by atoms with Gasteiger partial charge in [-0.05, 0) is 37.0 Å². The molecule has 108 valence electrons. The van der Waals surface area contributed by atoms with Gasteiger partial charge in [-0.3, -0.25) is 11.3 Å². The fraction of sp³-hybridized carbons (Fsp3) is 0.600. The molecule has 3 N–H and O–H groups in total. The Morgan fingerprint density at radius 2 is 1.89 bits per heavy atom. The molecule has 1 rings (SSSR count). The highest BCUT2D eigenvalue weighted by atomic mass is 35.5. The fourth-order valence-electron chi connectivity index (χ4n) is 2.65. The molecular formula is C15H25ClN2O. The molecule has 0 aromatic heterocycles. The molecule has 1 aromatic rings. The molecule has 1 unspecified atom stereocenters. The molecule has 1 aromatic carbocycles. The minimum absolute atomic E-state index is 0.0774. The van der Waals surface area contributed by atoms with Gasteiger partial charge in [-0.2, -0.15) is 0 Å². The van der Waals surface area contributed by atoms with Gasteiger partial charge in [-0.15, -0.1) is 0 Å². The first-order chi connectivity index (χ1) is 9.17. The number of benzene rings is 1. The number of nitrogens with one attached hydrogen (secondary N) is 1. The third-order valence-corrected chi connectivity index (χ3v) is 3.73. The Hall–Kier alpha value is -0.770. The minimum Gasteiger partial charge on any atom is -0.496 e. The number of nitrogens with two attached hydrogens (primary N) is 1. The fourth-order valence-corrected chi connectivity index (χ4v) is 2.83. The van der Waals surface area contributed by atoms with E-state index in [4.69, 9.17) is 22.2 Å². The Kier molecular flexibility index (Phi) is 7.21. The zero-order valence-corrected chi connectivity index (χ0v) is 12.8. The normalized spacial score (nSPS) is 12.7. The third kappa shape index (κ3) is 4.37. The van der Waals surface area contributed by atoms with Crippen LogP contribution in [0.15, 0.2) is 18.2 Å². The van der Waals surface area contributed by atoms with Crippen LogP contribution in [0.2, 0.25) is 5.02 Å². The smallest absolute Gasteiger partial charge is 0.123 e. The second-order valence-electron chi connectivity index (χ2n) is 4.87. The molecule has 0 aliphatic heterocycles. The lowest BCUT2D eigenvalue weighted by Gasteiger charge is -2.28. The quantitative estimate of drug-likeness (QED) is 0.559. The van der Waals surface area contributed by atoms with Crippen molar-refractivity contribution in [2.75, 3.05) is 7.11 Å². The summed E-state index contributed by atoms with van der Waals surface area (Å²) in [5.41, 5.74) is 4.00. The average Bonchev–Trinajstić information content (AvgIpc) is 2.40. The van der Waals surface area contributed by atoms with Crippen LogP contribution < -0.4 is 16.0 Å². The summed E-state index contributed by atoms with van der Waals surface area (Å²) in [4.78, 5) is 0. The van der Waals surface area contributed by atoms with Crippen molar-refractivity contribution in [1.29, 1.82) is 0 Å². The van der Waals surface area contributed by atoms with Gasteiger partial charge in [0.2, 0.25) is 0 Å². The van der Waals surface area contributed by atoms with Crippen LogP contribution in [0.25, 0.3) is 0 Å². The van der Waals surface area contributed by atoms with Crippen molar-refractivity contribution in [1.82, 2.24) is 5.43 Å². The molecular weight excluding hydrogens is 260 g/mol. The van der Waals surface area contributed by atoms with Crippen LogP contribution in [0.3, 0.4) is 0 Å². The lowest BCUT2D eigenvalue weighted by molar-refractivity contribution is 0.308. The molecule has 0 saturated heterocycles. The molecule has 0 amide bonds.